The van der Waals surface area contributed by atoms with Crippen LogP contribution in [0.2, 0.25) is 0 Å². The molecule has 0 saturated heterocycles. The molecule has 2 aromatic heterocycles. The summed E-state index contributed by atoms with van der Waals surface area (Å²) in [7, 11) is 1.38. The summed E-state index contributed by atoms with van der Waals surface area (Å²) in [6.07, 6.45) is 0. The highest BCUT2D eigenvalue weighted by Crippen LogP contribution is 2.38. The predicted octanol–water partition coefficient (Wildman–Crippen LogP) is 0.483. The largest absolute Gasteiger partial charge is 0.539 e. The number of rotatable bonds is 6. The van der Waals surface area contributed by atoms with Crippen molar-refractivity contribution in [3.05, 3.63) is 34.9 Å². The van der Waals surface area contributed by atoms with E-state index in [1.165, 1.54) is 20.0 Å². The van der Waals surface area contributed by atoms with Gasteiger partial charge in [0.25, 0.3) is 5.69 Å². The maximum atomic E-state index is 12.7. The number of anilines is 2. The SMILES string of the molecule is CC(Sc1nc(N)c(C#N)c(-c2c([O-])on[n+]2C)c1C#N)C(=O)Nc1ccc(O)c(C(=O)O)c1. The molecule has 34 heavy (non-hydrogen) atoms. The van der Waals surface area contributed by atoms with Crippen LogP contribution in [0, 0.1) is 22.7 Å². The van der Waals surface area contributed by atoms with Crippen molar-refractivity contribution >= 4 is 35.1 Å². The maximum absolute atomic E-state index is 12.7. The van der Waals surface area contributed by atoms with Gasteiger partial charge in [0.1, 0.15) is 39.9 Å². The summed E-state index contributed by atoms with van der Waals surface area (Å²) in [6, 6.07) is 7.24. The van der Waals surface area contributed by atoms with Crippen LogP contribution in [-0.4, -0.2) is 37.6 Å². The van der Waals surface area contributed by atoms with Crippen molar-refractivity contribution in [3.8, 4) is 35.1 Å². The monoisotopic (exact) mass is 481 g/mol. The third-order valence-corrected chi connectivity index (χ3v) is 5.65. The third-order valence-electron chi connectivity index (χ3n) is 4.57. The number of nitrogen functional groups attached to an aromatic ring is 1. The highest BCUT2D eigenvalue weighted by atomic mass is 32.2. The van der Waals surface area contributed by atoms with Crippen molar-refractivity contribution in [2.24, 2.45) is 7.05 Å². The van der Waals surface area contributed by atoms with Gasteiger partial charge in [-0.2, -0.15) is 10.5 Å². The van der Waals surface area contributed by atoms with Crippen molar-refractivity contribution in [1.29, 1.82) is 10.5 Å². The average Bonchev–Trinajstić information content (AvgIpc) is 3.11. The molecule has 14 heteroatoms. The molecule has 1 amide bonds. The predicted molar refractivity (Wildman–Crippen MR) is 113 cm³/mol. The zero-order valence-electron chi connectivity index (χ0n) is 17.6. The first-order chi connectivity index (χ1) is 16.1. The van der Waals surface area contributed by atoms with Gasteiger partial charge in [-0.15, -0.1) is 0 Å². The molecule has 5 N–H and O–H groups in total. The summed E-state index contributed by atoms with van der Waals surface area (Å²) in [5, 5.41) is 55.3. The molecule has 1 unspecified atom stereocenters. The van der Waals surface area contributed by atoms with E-state index >= 15 is 0 Å². The lowest BCUT2D eigenvalue weighted by atomic mass is 10.0. The highest BCUT2D eigenvalue weighted by Gasteiger charge is 2.30. The van der Waals surface area contributed by atoms with E-state index in [1.54, 1.807) is 0 Å². The van der Waals surface area contributed by atoms with Crippen LogP contribution in [0.5, 0.6) is 11.7 Å². The Morgan fingerprint density at radius 1 is 1.32 bits per heavy atom. The second-order valence-electron chi connectivity index (χ2n) is 6.77. The van der Waals surface area contributed by atoms with Gasteiger partial charge in [-0.3, -0.25) is 4.79 Å². The molecule has 0 aliphatic heterocycles. The number of amides is 1. The molecule has 13 nitrogen and oxygen atoms in total. The number of benzene rings is 1. The lowest BCUT2D eigenvalue weighted by Gasteiger charge is -2.15. The van der Waals surface area contributed by atoms with Crippen molar-refractivity contribution in [1.82, 2.24) is 10.3 Å². The Hall–Kier alpha value is -4.82. The first kappa shape index (κ1) is 23.8. The fourth-order valence-electron chi connectivity index (χ4n) is 2.95. The Kier molecular flexibility index (Phi) is 6.56. The smallest absolute Gasteiger partial charge is 0.339 e. The van der Waals surface area contributed by atoms with E-state index in [4.69, 9.17) is 10.8 Å². The van der Waals surface area contributed by atoms with E-state index in [-0.39, 0.29) is 38.9 Å². The Morgan fingerprint density at radius 2 is 2.00 bits per heavy atom. The molecule has 0 bridgehead atoms. The number of hydrogen-bond donors (Lipinski definition) is 4. The van der Waals surface area contributed by atoms with Crippen LogP contribution in [0.4, 0.5) is 11.5 Å². The van der Waals surface area contributed by atoms with Gasteiger partial charge in [0, 0.05) is 5.69 Å². The fraction of sp³-hybridized carbons (Fsp3) is 0.150. The van der Waals surface area contributed by atoms with Crippen LogP contribution < -0.4 is 20.8 Å². The number of aryl methyl sites for hydroxylation is 1. The minimum atomic E-state index is -1.38. The number of nitrogens with two attached hydrogens (primary N) is 1. The number of carboxylic acids is 1. The molecule has 0 fully saturated rings. The molecule has 0 saturated carbocycles. The number of aromatic hydroxyl groups is 1. The summed E-state index contributed by atoms with van der Waals surface area (Å²) in [6.45, 7) is 1.49. The number of aromatic carboxylic acids is 1. The standard InChI is InChI=1S/C20H14N7O6S/c1-8(17(29)24-9-3-4-13(28)10(5-9)19(30)31)34-18-12(7-22)14(11(6-21)16(23)25-18)15-20(32)33-26-27(15)2/h3-5,8H,1-2H3,(H4,23,25,30,31,32)/q-1/p+1. The normalized spacial score (nSPS) is 11.3. The Balaban J connectivity index is 1.98. The number of phenols is 1. The zero-order valence-corrected chi connectivity index (χ0v) is 18.4. The zero-order chi connectivity index (χ0) is 25.2. The van der Waals surface area contributed by atoms with E-state index in [1.807, 2.05) is 12.1 Å². The number of carbonyl (C=O) groups is 2. The van der Waals surface area contributed by atoms with Crippen molar-refractivity contribution in [2.75, 3.05) is 11.1 Å². The lowest BCUT2D eigenvalue weighted by Crippen LogP contribution is -2.32. The van der Waals surface area contributed by atoms with Gasteiger partial charge in [0.15, 0.2) is 13.0 Å². The van der Waals surface area contributed by atoms with E-state index in [0.717, 1.165) is 28.6 Å². The molecular formula is C20H15N7O6S. The lowest BCUT2D eigenvalue weighted by molar-refractivity contribution is -0.730. The molecule has 1 atom stereocenters. The number of thioether (sulfide) groups is 1. The topological polar surface area (TPSA) is 226 Å². The Bertz CT molecular complexity index is 1390. The van der Waals surface area contributed by atoms with Crippen molar-refractivity contribution < 1.29 is 34.1 Å². The van der Waals surface area contributed by atoms with E-state index in [2.05, 4.69) is 20.1 Å². The number of carboxylic acid groups (broad SMARTS) is 1. The Morgan fingerprint density at radius 3 is 2.56 bits per heavy atom. The summed E-state index contributed by atoms with van der Waals surface area (Å²) >= 11 is 0.829. The van der Waals surface area contributed by atoms with Crippen LogP contribution in [-0.2, 0) is 11.8 Å². The van der Waals surface area contributed by atoms with E-state index in [0.29, 0.717) is 0 Å². The number of pyridine rings is 1. The van der Waals surface area contributed by atoms with Crippen LogP contribution in [0.1, 0.15) is 28.4 Å². The van der Waals surface area contributed by atoms with Gasteiger partial charge in [0.05, 0.1) is 21.6 Å². The van der Waals surface area contributed by atoms with Crippen LogP contribution in [0.25, 0.3) is 11.3 Å². The molecule has 3 rings (SSSR count). The third kappa shape index (κ3) is 4.38. The molecule has 0 spiro atoms. The fourth-order valence-corrected chi connectivity index (χ4v) is 3.87. The number of nitrogens with one attached hydrogen (secondary N) is 1. The summed E-state index contributed by atoms with van der Waals surface area (Å²) in [5.41, 5.74) is 4.91. The van der Waals surface area contributed by atoms with Gasteiger partial charge < -0.3 is 30.9 Å². The highest BCUT2D eigenvalue weighted by molar-refractivity contribution is 8.00. The molecule has 0 aliphatic carbocycles. The number of carbonyl (C=O) groups excluding carboxylic acids is 1. The van der Waals surface area contributed by atoms with Crippen LogP contribution in [0.15, 0.2) is 27.7 Å². The maximum Gasteiger partial charge on any atom is 0.339 e. The molecule has 2 heterocycles. The minimum Gasteiger partial charge on any atom is -0.539 e. The van der Waals surface area contributed by atoms with E-state index in [9.17, 15) is 30.3 Å². The van der Waals surface area contributed by atoms with E-state index < -0.39 is 34.4 Å². The second-order valence-corrected chi connectivity index (χ2v) is 8.10. The number of nitrogens with zero attached hydrogens (tertiary/aromatic N) is 5. The van der Waals surface area contributed by atoms with Gasteiger partial charge in [-0.25, -0.2) is 9.78 Å². The summed E-state index contributed by atoms with van der Waals surface area (Å²) < 4.78 is 5.65. The average molecular weight is 481 g/mol. The van der Waals surface area contributed by atoms with Gasteiger partial charge in [-0.05, 0) is 25.1 Å². The minimum absolute atomic E-state index is 0.0193. The first-order valence-electron chi connectivity index (χ1n) is 9.29. The summed E-state index contributed by atoms with van der Waals surface area (Å²) in [5.74, 6) is -3.58. The van der Waals surface area contributed by atoms with Crippen molar-refractivity contribution in [3.63, 3.8) is 0 Å². The summed E-state index contributed by atoms with van der Waals surface area (Å²) in [4.78, 5) is 27.9. The molecule has 172 valence electrons. The first-order valence-corrected chi connectivity index (χ1v) is 10.2. The van der Waals surface area contributed by atoms with Gasteiger partial charge in [-0.1, -0.05) is 16.4 Å². The number of aromatic nitrogens is 3. The molecule has 0 radical (unpaired) electrons. The van der Waals surface area contributed by atoms with Gasteiger partial charge >= 0.3 is 5.97 Å². The van der Waals surface area contributed by atoms with Crippen LogP contribution >= 0.6 is 11.8 Å². The second kappa shape index (κ2) is 9.35. The van der Waals surface area contributed by atoms with Crippen LogP contribution in [0.3, 0.4) is 0 Å². The quantitative estimate of drug-likeness (QED) is 0.214. The molecule has 1 aromatic carbocycles. The van der Waals surface area contributed by atoms with Crippen molar-refractivity contribution in [2.45, 2.75) is 17.2 Å². The molecule has 3 aromatic rings. The van der Waals surface area contributed by atoms with Gasteiger partial charge in [0.2, 0.25) is 5.91 Å². The number of hydrogen-bond acceptors (Lipinski definition) is 11. The molecule has 0 aliphatic rings. The number of nitriles is 2. The molecular weight excluding hydrogens is 466 g/mol. The Labute approximate surface area is 195 Å².